The van der Waals surface area contributed by atoms with Crippen LogP contribution in [-0.4, -0.2) is 52.8 Å². The van der Waals surface area contributed by atoms with Crippen LogP contribution in [-0.2, 0) is 21.4 Å². The fourth-order valence-electron chi connectivity index (χ4n) is 2.81. The highest BCUT2D eigenvalue weighted by Crippen LogP contribution is 2.23. The van der Waals surface area contributed by atoms with E-state index < -0.39 is 16.1 Å². The Balaban J connectivity index is 2.07. The molecule has 0 aromatic heterocycles. The number of anilines is 1. The van der Waals surface area contributed by atoms with E-state index in [9.17, 15) is 13.2 Å². The standard InChI is InChI=1S/C21H28N2O5S/c1-6-19(21(24)22(2)15-16-9-7-8-10-20(16)27-4)28-18-13-11-17(12-14-18)23(3)29(5,25)26/h7-14,19H,6,15H2,1-5H3/t19-/m0/s1. The van der Waals surface area contributed by atoms with Crippen molar-refractivity contribution < 1.29 is 22.7 Å². The van der Waals surface area contributed by atoms with Gasteiger partial charge in [-0.3, -0.25) is 9.10 Å². The highest BCUT2D eigenvalue weighted by molar-refractivity contribution is 7.92. The van der Waals surface area contributed by atoms with E-state index in [2.05, 4.69) is 0 Å². The summed E-state index contributed by atoms with van der Waals surface area (Å²) in [7, 11) is 1.48. The monoisotopic (exact) mass is 420 g/mol. The average Bonchev–Trinajstić information content (AvgIpc) is 2.71. The lowest BCUT2D eigenvalue weighted by molar-refractivity contribution is -0.138. The molecule has 2 aromatic carbocycles. The van der Waals surface area contributed by atoms with Crippen molar-refractivity contribution in [1.29, 1.82) is 0 Å². The lowest BCUT2D eigenvalue weighted by Crippen LogP contribution is -2.39. The van der Waals surface area contributed by atoms with E-state index in [4.69, 9.17) is 9.47 Å². The predicted octanol–water partition coefficient (Wildman–Crippen LogP) is 2.91. The van der Waals surface area contributed by atoms with Gasteiger partial charge < -0.3 is 14.4 Å². The molecule has 2 aromatic rings. The third kappa shape index (κ3) is 5.87. The van der Waals surface area contributed by atoms with Crippen LogP contribution in [0.15, 0.2) is 48.5 Å². The van der Waals surface area contributed by atoms with Crippen molar-refractivity contribution in [2.75, 3.05) is 31.8 Å². The van der Waals surface area contributed by atoms with Crippen LogP contribution in [0.25, 0.3) is 0 Å². The number of carbonyl (C=O) groups excluding carboxylic acids is 1. The second-order valence-electron chi connectivity index (χ2n) is 6.75. The molecule has 2 rings (SSSR count). The van der Waals surface area contributed by atoms with Crippen LogP contribution >= 0.6 is 0 Å². The molecule has 1 atom stereocenters. The number of hydrogen-bond donors (Lipinski definition) is 0. The SMILES string of the molecule is CC[C@H](Oc1ccc(N(C)S(C)(=O)=O)cc1)C(=O)N(C)Cc1ccccc1OC. The molecule has 0 unspecified atom stereocenters. The number of methoxy groups -OCH3 is 1. The summed E-state index contributed by atoms with van der Waals surface area (Å²) in [6, 6.07) is 14.2. The van der Waals surface area contributed by atoms with E-state index in [-0.39, 0.29) is 5.91 Å². The van der Waals surface area contributed by atoms with Crippen molar-refractivity contribution >= 4 is 21.6 Å². The van der Waals surface area contributed by atoms with E-state index in [1.165, 1.54) is 11.4 Å². The Morgan fingerprint density at radius 2 is 1.69 bits per heavy atom. The average molecular weight is 421 g/mol. The number of nitrogens with zero attached hydrogens (tertiary/aromatic N) is 2. The fraction of sp³-hybridized carbons (Fsp3) is 0.381. The van der Waals surface area contributed by atoms with Crippen LogP contribution in [0.2, 0.25) is 0 Å². The van der Waals surface area contributed by atoms with Gasteiger partial charge in [-0.05, 0) is 36.8 Å². The van der Waals surface area contributed by atoms with Gasteiger partial charge in [0.15, 0.2) is 6.10 Å². The first-order valence-electron chi connectivity index (χ1n) is 9.24. The molecule has 158 valence electrons. The number of rotatable bonds is 9. The molecule has 0 fully saturated rings. The fourth-order valence-corrected chi connectivity index (χ4v) is 3.32. The van der Waals surface area contributed by atoms with Crippen LogP contribution in [0.1, 0.15) is 18.9 Å². The summed E-state index contributed by atoms with van der Waals surface area (Å²) in [6.45, 7) is 2.28. The van der Waals surface area contributed by atoms with Gasteiger partial charge in [0.05, 0.1) is 19.1 Å². The summed E-state index contributed by atoms with van der Waals surface area (Å²) in [5, 5.41) is 0. The topological polar surface area (TPSA) is 76.2 Å². The first-order valence-corrected chi connectivity index (χ1v) is 11.1. The molecule has 29 heavy (non-hydrogen) atoms. The van der Waals surface area contributed by atoms with E-state index in [1.54, 1.807) is 43.3 Å². The van der Waals surface area contributed by atoms with Gasteiger partial charge in [0.2, 0.25) is 10.0 Å². The first kappa shape index (κ1) is 22.5. The maximum absolute atomic E-state index is 12.9. The minimum atomic E-state index is -3.34. The van der Waals surface area contributed by atoms with Crippen LogP contribution in [0, 0.1) is 0 Å². The number of amides is 1. The Bertz CT molecular complexity index is 928. The molecule has 0 saturated carbocycles. The molecule has 7 nitrogen and oxygen atoms in total. The molecule has 0 aliphatic carbocycles. The molecule has 0 bridgehead atoms. The van der Waals surface area contributed by atoms with E-state index in [0.29, 0.717) is 24.4 Å². The van der Waals surface area contributed by atoms with Gasteiger partial charge in [-0.25, -0.2) is 8.42 Å². The third-order valence-corrected chi connectivity index (χ3v) is 5.80. The van der Waals surface area contributed by atoms with Gasteiger partial charge >= 0.3 is 0 Å². The summed E-state index contributed by atoms with van der Waals surface area (Å²) in [6.07, 6.45) is 0.995. The van der Waals surface area contributed by atoms with Crippen molar-refractivity contribution in [1.82, 2.24) is 4.90 Å². The van der Waals surface area contributed by atoms with Gasteiger partial charge in [-0.15, -0.1) is 0 Å². The Labute approximate surface area is 172 Å². The third-order valence-electron chi connectivity index (χ3n) is 4.60. The van der Waals surface area contributed by atoms with Crippen molar-refractivity contribution in [3.8, 4) is 11.5 Å². The number of sulfonamides is 1. The molecular formula is C21H28N2O5S. The van der Waals surface area contributed by atoms with Crippen molar-refractivity contribution in [2.24, 2.45) is 0 Å². The number of para-hydroxylation sites is 1. The van der Waals surface area contributed by atoms with E-state index in [0.717, 1.165) is 17.6 Å². The maximum atomic E-state index is 12.9. The molecule has 8 heteroatoms. The van der Waals surface area contributed by atoms with Gasteiger partial charge in [0.25, 0.3) is 5.91 Å². The molecule has 0 saturated heterocycles. The quantitative estimate of drug-likeness (QED) is 0.623. The lowest BCUT2D eigenvalue weighted by atomic mass is 10.1. The molecule has 0 radical (unpaired) electrons. The Morgan fingerprint density at radius 3 is 2.24 bits per heavy atom. The van der Waals surface area contributed by atoms with Crippen molar-refractivity contribution in [3.05, 3.63) is 54.1 Å². The van der Waals surface area contributed by atoms with Crippen LogP contribution in [0.5, 0.6) is 11.5 Å². The molecule has 0 aliphatic rings. The number of likely N-dealkylation sites (N-methyl/N-ethyl adjacent to an activating group) is 1. The Kier molecular flexibility index (Phi) is 7.50. The summed E-state index contributed by atoms with van der Waals surface area (Å²) >= 11 is 0. The highest BCUT2D eigenvalue weighted by atomic mass is 32.2. The summed E-state index contributed by atoms with van der Waals surface area (Å²) < 4.78 is 35.7. The summed E-state index contributed by atoms with van der Waals surface area (Å²) in [4.78, 5) is 14.5. The Morgan fingerprint density at radius 1 is 1.07 bits per heavy atom. The molecule has 0 heterocycles. The minimum absolute atomic E-state index is 0.143. The van der Waals surface area contributed by atoms with Crippen LogP contribution in [0.3, 0.4) is 0 Å². The predicted molar refractivity (Wildman–Crippen MR) is 114 cm³/mol. The maximum Gasteiger partial charge on any atom is 0.263 e. The molecule has 1 amide bonds. The van der Waals surface area contributed by atoms with E-state index in [1.807, 2.05) is 31.2 Å². The van der Waals surface area contributed by atoms with Gasteiger partial charge in [-0.2, -0.15) is 0 Å². The number of benzene rings is 2. The van der Waals surface area contributed by atoms with Crippen LogP contribution in [0.4, 0.5) is 5.69 Å². The lowest BCUT2D eigenvalue weighted by Gasteiger charge is -2.25. The summed E-state index contributed by atoms with van der Waals surface area (Å²) in [5.74, 6) is 1.09. The van der Waals surface area contributed by atoms with Crippen molar-refractivity contribution in [2.45, 2.75) is 26.0 Å². The Hall–Kier alpha value is -2.74. The minimum Gasteiger partial charge on any atom is -0.496 e. The number of carbonyl (C=O) groups is 1. The molecular weight excluding hydrogens is 392 g/mol. The zero-order chi connectivity index (χ0) is 21.6. The first-order chi connectivity index (χ1) is 13.7. The van der Waals surface area contributed by atoms with Crippen molar-refractivity contribution in [3.63, 3.8) is 0 Å². The summed E-state index contributed by atoms with van der Waals surface area (Å²) in [5.41, 5.74) is 1.43. The normalized spacial score (nSPS) is 12.2. The second-order valence-corrected chi connectivity index (χ2v) is 8.76. The van der Waals surface area contributed by atoms with Crippen LogP contribution < -0.4 is 13.8 Å². The zero-order valence-corrected chi connectivity index (χ0v) is 18.3. The van der Waals surface area contributed by atoms with Gasteiger partial charge in [0, 0.05) is 26.2 Å². The van der Waals surface area contributed by atoms with Gasteiger partial charge in [-0.1, -0.05) is 25.1 Å². The van der Waals surface area contributed by atoms with Gasteiger partial charge in [0.1, 0.15) is 11.5 Å². The van der Waals surface area contributed by atoms with E-state index >= 15 is 0 Å². The largest absolute Gasteiger partial charge is 0.496 e. The second kappa shape index (κ2) is 9.65. The molecule has 0 aliphatic heterocycles. The highest BCUT2D eigenvalue weighted by Gasteiger charge is 2.23. The molecule has 0 N–H and O–H groups in total. The smallest absolute Gasteiger partial charge is 0.263 e. The number of ether oxygens (including phenoxy) is 2. The zero-order valence-electron chi connectivity index (χ0n) is 17.5. The molecule has 0 spiro atoms. The number of hydrogen-bond acceptors (Lipinski definition) is 5.